The summed E-state index contributed by atoms with van der Waals surface area (Å²) >= 11 is 7.43. The summed E-state index contributed by atoms with van der Waals surface area (Å²) in [5, 5.41) is 3.64. The number of hydrogen-bond acceptors (Lipinski definition) is 6. The van der Waals surface area contributed by atoms with Gasteiger partial charge in [-0.05, 0) is 26.0 Å². The minimum Gasteiger partial charge on any atom is -0.353 e. The van der Waals surface area contributed by atoms with E-state index in [2.05, 4.69) is 20.2 Å². The number of piperazine rings is 1. The second-order valence-corrected chi connectivity index (χ2v) is 8.37. The fourth-order valence-electron chi connectivity index (χ4n) is 3.21. The number of hydrogen-bond donors (Lipinski definition) is 1. The van der Waals surface area contributed by atoms with Crippen molar-refractivity contribution in [2.75, 3.05) is 35.6 Å². The molecule has 1 saturated heterocycles. The topological polar surface area (TPSA) is 78.4 Å². The molecule has 0 saturated carbocycles. The summed E-state index contributed by atoms with van der Waals surface area (Å²) < 4.78 is 0. The van der Waals surface area contributed by atoms with E-state index in [-0.39, 0.29) is 23.6 Å². The van der Waals surface area contributed by atoms with E-state index >= 15 is 0 Å². The molecule has 1 atom stereocenters. The molecule has 154 valence electrons. The molecule has 29 heavy (non-hydrogen) atoms. The number of anilines is 2. The zero-order chi connectivity index (χ0) is 21.0. The van der Waals surface area contributed by atoms with E-state index < -0.39 is 0 Å². The number of benzene rings is 1. The molecule has 1 aromatic heterocycles. The van der Waals surface area contributed by atoms with Crippen LogP contribution in [0.3, 0.4) is 0 Å². The van der Waals surface area contributed by atoms with Gasteiger partial charge in [-0.3, -0.25) is 9.59 Å². The van der Waals surface area contributed by atoms with Gasteiger partial charge in [0.2, 0.25) is 11.8 Å². The lowest BCUT2D eigenvalue weighted by Gasteiger charge is -2.40. The summed E-state index contributed by atoms with van der Waals surface area (Å²) in [6, 6.07) is 9.44. The number of thioether (sulfide) groups is 1. The first-order chi connectivity index (χ1) is 13.8. The number of halogens is 1. The van der Waals surface area contributed by atoms with Gasteiger partial charge >= 0.3 is 0 Å². The van der Waals surface area contributed by atoms with E-state index in [9.17, 15) is 9.59 Å². The van der Waals surface area contributed by atoms with Gasteiger partial charge in [-0.2, -0.15) is 0 Å². The Morgan fingerprint density at radius 2 is 1.97 bits per heavy atom. The minimum atomic E-state index is -0.132. The first kappa shape index (κ1) is 21.4. The molecule has 0 bridgehead atoms. The quantitative estimate of drug-likeness (QED) is 0.443. The maximum absolute atomic E-state index is 12.2. The summed E-state index contributed by atoms with van der Waals surface area (Å²) in [6.45, 7) is 7.58. The van der Waals surface area contributed by atoms with E-state index in [1.807, 2.05) is 43.0 Å². The van der Waals surface area contributed by atoms with Gasteiger partial charge in [0.15, 0.2) is 5.16 Å². The standard InChI is InChI=1S/C20H24ClN5O2S/c1-13-4-6-16(7-5-13)22-19(28)12-29-20-23-17(21)10-18(24-20)25-8-9-26(15(3)27)14(2)11-25/h4-7,10,14H,8-9,11-12H2,1-3H3,(H,22,28). The first-order valence-corrected chi connectivity index (χ1v) is 10.7. The molecule has 2 aromatic rings. The molecule has 0 radical (unpaired) electrons. The van der Waals surface area contributed by atoms with Crippen molar-refractivity contribution in [3.05, 3.63) is 41.0 Å². The summed E-state index contributed by atoms with van der Waals surface area (Å²) in [5.74, 6) is 0.838. The third-order valence-corrected chi connectivity index (χ3v) is 5.73. The van der Waals surface area contributed by atoms with Crippen LogP contribution in [0, 0.1) is 6.92 Å². The van der Waals surface area contributed by atoms with Crippen molar-refractivity contribution < 1.29 is 9.59 Å². The monoisotopic (exact) mass is 433 g/mol. The van der Waals surface area contributed by atoms with E-state index in [1.54, 1.807) is 13.0 Å². The van der Waals surface area contributed by atoms with Crippen molar-refractivity contribution in [2.24, 2.45) is 0 Å². The van der Waals surface area contributed by atoms with Crippen LogP contribution >= 0.6 is 23.4 Å². The Kier molecular flexibility index (Phi) is 6.97. The van der Waals surface area contributed by atoms with Crippen LogP contribution in [-0.2, 0) is 9.59 Å². The molecule has 0 spiro atoms. The van der Waals surface area contributed by atoms with Gasteiger partial charge in [0.1, 0.15) is 11.0 Å². The lowest BCUT2D eigenvalue weighted by atomic mass is 10.2. The number of nitrogens with zero attached hydrogens (tertiary/aromatic N) is 4. The molecule has 2 amide bonds. The molecule has 1 aromatic carbocycles. The molecule has 1 aliphatic rings. The van der Waals surface area contributed by atoms with Crippen LogP contribution in [0.5, 0.6) is 0 Å². The minimum absolute atomic E-state index is 0.0775. The number of aryl methyl sites for hydroxylation is 1. The highest BCUT2D eigenvalue weighted by Gasteiger charge is 2.26. The third kappa shape index (κ3) is 5.83. The largest absolute Gasteiger partial charge is 0.353 e. The maximum atomic E-state index is 12.2. The lowest BCUT2D eigenvalue weighted by Crippen LogP contribution is -2.53. The Bertz CT molecular complexity index is 893. The highest BCUT2D eigenvalue weighted by atomic mass is 35.5. The highest BCUT2D eigenvalue weighted by molar-refractivity contribution is 7.99. The molecule has 7 nitrogen and oxygen atoms in total. The molecule has 1 unspecified atom stereocenters. The van der Waals surface area contributed by atoms with Gasteiger partial charge in [0, 0.05) is 44.4 Å². The fraction of sp³-hybridized carbons (Fsp3) is 0.400. The normalized spacial score (nSPS) is 16.6. The van der Waals surface area contributed by atoms with Crippen LogP contribution < -0.4 is 10.2 Å². The number of carbonyl (C=O) groups excluding carboxylic acids is 2. The third-order valence-electron chi connectivity index (χ3n) is 4.68. The lowest BCUT2D eigenvalue weighted by molar-refractivity contribution is -0.131. The molecular weight excluding hydrogens is 410 g/mol. The second-order valence-electron chi connectivity index (χ2n) is 7.04. The van der Waals surface area contributed by atoms with Crippen LogP contribution in [0.1, 0.15) is 19.4 Å². The predicted molar refractivity (Wildman–Crippen MR) is 117 cm³/mol. The molecule has 1 fully saturated rings. The molecular formula is C20H24ClN5O2S. The summed E-state index contributed by atoms with van der Waals surface area (Å²) in [6.07, 6.45) is 0. The van der Waals surface area contributed by atoms with Gasteiger partial charge in [-0.25, -0.2) is 9.97 Å². The Balaban J connectivity index is 1.61. The molecule has 9 heteroatoms. The van der Waals surface area contributed by atoms with Crippen molar-refractivity contribution in [1.82, 2.24) is 14.9 Å². The average Bonchev–Trinajstić information content (AvgIpc) is 2.67. The van der Waals surface area contributed by atoms with Gasteiger partial charge in [-0.1, -0.05) is 41.1 Å². The fourth-order valence-corrected chi connectivity index (χ4v) is 4.09. The number of carbonyl (C=O) groups is 2. The first-order valence-electron chi connectivity index (χ1n) is 9.38. The summed E-state index contributed by atoms with van der Waals surface area (Å²) in [5.41, 5.74) is 1.89. The van der Waals surface area contributed by atoms with Crippen molar-refractivity contribution >= 4 is 46.7 Å². The Morgan fingerprint density at radius 3 is 2.62 bits per heavy atom. The smallest absolute Gasteiger partial charge is 0.234 e. The summed E-state index contributed by atoms with van der Waals surface area (Å²) in [7, 11) is 0. The SMILES string of the molecule is CC(=O)N1CCN(c2cc(Cl)nc(SCC(=O)Nc3ccc(C)cc3)n2)CC1C. The van der Waals surface area contributed by atoms with Gasteiger partial charge in [-0.15, -0.1) is 0 Å². The Hall–Kier alpha value is -2.32. The van der Waals surface area contributed by atoms with Crippen LogP contribution in [0.4, 0.5) is 11.5 Å². The predicted octanol–water partition coefficient (Wildman–Crippen LogP) is 3.23. The Morgan fingerprint density at radius 1 is 1.24 bits per heavy atom. The number of nitrogens with one attached hydrogen (secondary N) is 1. The van der Waals surface area contributed by atoms with E-state index in [0.717, 1.165) is 11.3 Å². The number of amides is 2. The summed E-state index contributed by atoms with van der Waals surface area (Å²) in [4.78, 5) is 36.6. The van der Waals surface area contributed by atoms with Crippen molar-refractivity contribution in [1.29, 1.82) is 0 Å². The van der Waals surface area contributed by atoms with E-state index in [0.29, 0.717) is 35.8 Å². The molecule has 1 N–H and O–H groups in total. The Labute approximate surface area is 179 Å². The van der Waals surface area contributed by atoms with Crippen LogP contribution in [0.15, 0.2) is 35.5 Å². The van der Waals surface area contributed by atoms with E-state index in [1.165, 1.54) is 11.8 Å². The maximum Gasteiger partial charge on any atom is 0.234 e. The van der Waals surface area contributed by atoms with E-state index in [4.69, 9.17) is 11.6 Å². The van der Waals surface area contributed by atoms with Crippen LogP contribution in [0.25, 0.3) is 0 Å². The molecule has 1 aliphatic heterocycles. The van der Waals surface area contributed by atoms with Gasteiger partial charge in [0.05, 0.1) is 5.75 Å². The zero-order valence-electron chi connectivity index (χ0n) is 16.7. The van der Waals surface area contributed by atoms with Crippen LogP contribution in [-0.4, -0.2) is 58.1 Å². The van der Waals surface area contributed by atoms with Gasteiger partial charge < -0.3 is 15.1 Å². The zero-order valence-corrected chi connectivity index (χ0v) is 18.3. The second kappa shape index (κ2) is 9.45. The highest BCUT2D eigenvalue weighted by Crippen LogP contribution is 2.24. The average molecular weight is 434 g/mol. The number of aromatic nitrogens is 2. The molecule has 2 heterocycles. The van der Waals surface area contributed by atoms with Crippen molar-refractivity contribution in [2.45, 2.75) is 32.0 Å². The van der Waals surface area contributed by atoms with Gasteiger partial charge in [0.25, 0.3) is 0 Å². The van der Waals surface area contributed by atoms with Crippen molar-refractivity contribution in [3.8, 4) is 0 Å². The van der Waals surface area contributed by atoms with Crippen molar-refractivity contribution in [3.63, 3.8) is 0 Å². The number of rotatable bonds is 5. The molecule has 0 aliphatic carbocycles. The van der Waals surface area contributed by atoms with Crippen LogP contribution in [0.2, 0.25) is 5.15 Å². The molecule has 3 rings (SSSR count).